The number of thioether (sulfide) groups is 1. The van der Waals surface area contributed by atoms with Gasteiger partial charge in [0.25, 0.3) is 5.69 Å². The third kappa shape index (κ3) is 3.55. The topological polar surface area (TPSA) is 55.2 Å². The average Bonchev–Trinajstić information content (AvgIpc) is 3.19. The summed E-state index contributed by atoms with van der Waals surface area (Å²) in [5.74, 6) is 0.429. The molecule has 1 saturated carbocycles. The minimum absolute atomic E-state index is 0.0655. The van der Waals surface area contributed by atoms with E-state index in [1.165, 1.54) is 21.9 Å². The van der Waals surface area contributed by atoms with E-state index in [1.54, 1.807) is 23.9 Å². The number of fused-ring (bicyclic) bond motifs is 5. The highest BCUT2D eigenvalue weighted by molar-refractivity contribution is 8.00. The van der Waals surface area contributed by atoms with Crippen LogP contribution in [0.2, 0.25) is 0 Å². The van der Waals surface area contributed by atoms with Gasteiger partial charge in [-0.05, 0) is 46.4 Å². The Morgan fingerprint density at radius 2 is 1.65 bits per heavy atom. The van der Waals surface area contributed by atoms with Crippen LogP contribution in [0.5, 0.6) is 0 Å². The lowest BCUT2D eigenvalue weighted by atomic mass is 9.75. The number of nitrogens with zero attached hydrogens (tertiary/aromatic N) is 1. The van der Waals surface area contributed by atoms with Gasteiger partial charge in [-0.2, -0.15) is 0 Å². The molecule has 0 saturated heterocycles. The molecule has 1 heterocycles. The number of nitro benzene ring substituents is 1. The first-order chi connectivity index (χ1) is 16.6. The second-order valence-corrected chi connectivity index (χ2v) is 10.8. The van der Waals surface area contributed by atoms with Crippen molar-refractivity contribution in [1.29, 1.82) is 0 Å². The third-order valence-electron chi connectivity index (χ3n) is 7.21. The summed E-state index contributed by atoms with van der Waals surface area (Å²) in [6.45, 7) is 0. The van der Waals surface area contributed by atoms with E-state index in [-0.39, 0.29) is 39.1 Å². The molecule has 170 valence electrons. The highest BCUT2D eigenvalue weighted by Gasteiger charge is 2.50. The lowest BCUT2D eigenvalue weighted by Gasteiger charge is -2.39. The lowest BCUT2D eigenvalue weighted by Crippen LogP contribution is -2.31. The Labute approximate surface area is 207 Å². The van der Waals surface area contributed by atoms with E-state index in [1.807, 2.05) is 18.2 Å². The molecule has 4 aromatic carbocycles. The first-order valence-electron chi connectivity index (χ1n) is 11.5. The molecule has 34 heavy (non-hydrogen) atoms. The van der Waals surface area contributed by atoms with Gasteiger partial charge in [0.1, 0.15) is 0 Å². The maximum atomic E-state index is 11.6. The summed E-state index contributed by atoms with van der Waals surface area (Å²) in [5.41, 5.74) is 3.81. The number of hydrogen-bond acceptors (Lipinski definition) is 4. The van der Waals surface area contributed by atoms with Crippen molar-refractivity contribution in [2.45, 2.75) is 33.9 Å². The normalized spacial score (nSPS) is 25.4. The van der Waals surface area contributed by atoms with Gasteiger partial charge < -0.3 is 5.32 Å². The van der Waals surface area contributed by atoms with Crippen LogP contribution in [0.25, 0.3) is 10.8 Å². The summed E-state index contributed by atoms with van der Waals surface area (Å²) in [6, 6.07) is 30.5. The molecule has 0 amide bonds. The fourth-order valence-electron chi connectivity index (χ4n) is 5.76. The SMILES string of the molecule is O=[N+]([O-])c1ccccc1S[C@@H]1C[C@H]2[C@H](c3c(ccc4ccccc34)N[C@H]2c2ccccc2)[C@@H]1Cl. The van der Waals surface area contributed by atoms with Gasteiger partial charge in [-0.3, -0.25) is 10.1 Å². The van der Waals surface area contributed by atoms with Crippen molar-refractivity contribution in [2.24, 2.45) is 5.92 Å². The van der Waals surface area contributed by atoms with Crippen molar-refractivity contribution in [3.8, 4) is 0 Å². The number of rotatable bonds is 4. The Bertz CT molecular complexity index is 1380. The molecule has 4 nitrogen and oxygen atoms in total. The summed E-state index contributed by atoms with van der Waals surface area (Å²) in [7, 11) is 0. The fourth-order valence-corrected chi connectivity index (χ4v) is 7.69. The monoisotopic (exact) mass is 486 g/mol. The maximum absolute atomic E-state index is 11.6. The minimum atomic E-state index is -0.301. The molecular formula is C28H23ClN2O2S. The molecule has 2 aliphatic rings. The van der Waals surface area contributed by atoms with Gasteiger partial charge in [0.2, 0.25) is 0 Å². The predicted octanol–water partition coefficient (Wildman–Crippen LogP) is 7.79. The van der Waals surface area contributed by atoms with E-state index < -0.39 is 0 Å². The van der Waals surface area contributed by atoms with Crippen LogP contribution in [0.15, 0.2) is 95.9 Å². The second kappa shape index (κ2) is 8.64. The fraction of sp³-hybridized carbons (Fsp3) is 0.214. The number of nitro groups is 1. The Hall–Kier alpha value is -3.02. The highest BCUT2D eigenvalue weighted by Crippen LogP contribution is 2.59. The average molecular weight is 487 g/mol. The molecule has 0 aromatic heterocycles. The van der Waals surface area contributed by atoms with Crippen LogP contribution in [-0.2, 0) is 0 Å². The molecule has 1 fully saturated rings. The van der Waals surface area contributed by atoms with Crippen LogP contribution in [0.3, 0.4) is 0 Å². The quantitative estimate of drug-likeness (QED) is 0.182. The molecule has 0 spiro atoms. The van der Waals surface area contributed by atoms with Crippen LogP contribution in [-0.4, -0.2) is 15.6 Å². The molecule has 1 N–H and O–H groups in total. The molecule has 0 radical (unpaired) electrons. The minimum Gasteiger partial charge on any atom is -0.378 e. The number of hydrogen-bond donors (Lipinski definition) is 1. The zero-order valence-corrected chi connectivity index (χ0v) is 19.9. The van der Waals surface area contributed by atoms with Crippen LogP contribution in [0.1, 0.15) is 29.5 Å². The van der Waals surface area contributed by atoms with Crippen molar-refractivity contribution < 1.29 is 4.92 Å². The van der Waals surface area contributed by atoms with Gasteiger partial charge in [-0.15, -0.1) is 23.4 Å². The molecule has 6 heteroatoms. The Morgan fingerprint density at radius 1 is 0.912 bits per heavy atom. The number of nitrogens with one attached hydrogen (secondary N) is 1. The van der Waals surface area contributed by atoms with Crippen molar-refractivity contribution in [1.82, 2.24) is 0 Å². The third-order valence-corrected chi connectivity index (χ3v) is 9.32. The van der Waals surface area contributed by atoms with Gasteiger partial charge in [0.15, 0.2) is 0 Å². The van der Waals surface area contributed by atoms with Gasteiger partial charge >= 0.3 is 0 Å². The molecule has 0 unspecified atom stereocenters. The molecule has 5 atom stereocenters. The van der Waals surface area contributed by atoms with E-state index in [2.05, 4.69) is 66.0 Å². The predicted molar refractivity (Wildman–Crippen MR) is 140 cm³/mol. The summed E-state index contributed by atoms with van der Waals surface area (Å²) in [4.78, 5) is 12.0. The zero-order chi connectivity index (χ0) is 23.2. The van der Waals surface area contributed by atoms with E-state index in [0.717, 1.165) is 12.1 Å². The Balaban J connectivity index is 1.46. The first kappa shape index (κ1) is 21.5. The summed E-state index contributed by atoms with van der Waals surface area (Å²) in [5, 5.41) is 17.8. The summed E-state index contributed by atoms with van der Waals surface area (Å²) in [6.07, 6.45) is 0.880. The van der Waals surface area contributed by atoms with Crippen molar-refractivity contribution in [2.75, 3.05) is 5.32 Å². The van der Waals surface area contributed by atoms with E-state index in [0.29, 0.717) is 4.90 Å². The van der Waals surface area contributed by atoms with E-state index >= 15 is 0 Å². The van der Waals surface area contributed by atoms with Crippen molar-refractivity contribution in [3.05, 3.63) is 112 Å². The van der Waals surface area contributed by atoms with Crippen LogP contribution < -0.4 is 5.32 Å². The largest absolute Gasteiger partial charge is 0.378 e. The number of anilines is 1. The van der Waals surface area contributed by atoms with Crippen LogP contribution in [0.4, 0.5) is 11.4 Å². The molecule has 1 aliphatic heterocycles. The number of para-hydroxylation sites is 1. The maximum Gasteiger partial charge on any atom is 0.282 e. The molecule has 6 rings (SSSR count). The summed E-state index contributed by atoms with van der Waals surface area (Å²) < 4.78 is 0. The molecule has 0 bridgehead atoms. The molecule has 1 aliphatic carbocycles. The zero-order valence-electron chi connectivity index (χ0n) is 18.3. The van der Waals surface area contributed by atoms with Gasteiger partial charge in [-0.1, -0.05) is 72.8 Å². The first-order valence-corrected chi connectivity index (χ1v) is 12.8. The van der Waals surface area contributed by atoms with Gasteiger partial charge in [0, 0.05) is 22.9 Å². The Kier molecular flexibility index (Phi) is 5.47. The number of benzene rings is 4. The standard InChI is InChI=1S/C28H23ClN2O2S/c29-27-24(34-23-13-7-6-12-22(23)31(32)33)16-20-26(27)25-19-11-5-4-8-17(19)14-15-21(25)30-28(20)18-9-2-1-3-10-18/h1-15,20,24,26-28,30H,16H2/t20-,24+,26+,27+,28-/m0/s1. The highest BCUT2D eigenvalue weighted by atomic mass is 35.5. The summed E-state index contributed by atoms with van der Waals surface area (Å²) >= 11 is 8.85. The Morgan fingerprint density at radius 3 is 2.47 bits per heavy atom. The number of alkyl halides is 1. The van der Waals surface area contributed by atoms with Crippen LogP contribution >= 0.6 is 23.4 Å². The van der Waals surface area contributed by atoms with Crippen molar-refractivity contribution in [3.63, 3.8) is 0 Å². The molecular weight excluding hydrogens is 464 g/mol. The van der Waals surface area contributed by atoms with Gasteiger partial charge in [0.05, 0.1) is 21.2 Å². The second-order valence-electron chi connectivity index (χ2n) is 9.03. The smallest absolute Gasteiger partial charge is 0.282 e. The van der Waals surface area contributed by atoms with Crippen molar-refractivity contribution >= 4 is 45.5 Å². The van der Waals surface area contributed by atoms with Crippen LogP contribution in [0, 0.1) is 16.0 Å². The lowest BCUT2D eigenvalue weighted by molar-refractivity contribution is -0.387. The number of halogens is 1. The van der Waals surface area contributed by atoms with E-state index in [9.17, 15) is 10.1 Å². The van der Waals surface area contributed by atoms with E-state index in [4.69, 9.17) is 11.6 Å². The van der Waals surface area contributed by atoms with Gasteiger partial charge in [-0.25, -0.2) is 0 Å². The molecule has 4 aromatic rings.